The number of hydrogen-bond acceptors (Lipinski definition) is 7. The lowest BCUT2D eigenvalue weighted by Crippen LogP contribution is -2.28. The summed E-state index contributed by atoms with van der Waals surface area (Å²) in [4.78, 5) is 21.2. The largest absolute Gasteiger partial charge is 0.344 e. The lowest BCUT2D eigenvalue weighted by molar-refractivity contribution is 0.0939. The van der Waals surface area contributed by atoms with E-state index in [1.165, 1.54) is 35.3 Å². The number of carbonyl (C=O) groups excluding carboxylic acids is 1. The zero-order valence-electron chi connectivity index (χ0n) is 15.3. The van der Waals surface area contributed by atoms with E-state index in [2.05, 4.69) is 25.6 Å². The lowest BCUT2D eigenvalue weighted by Gasteiger charge is -2.16. The van der Waals surface area contributed by atoms with Gasteiger partial charge in [0.05, 0.1) is 22.8 Å². The fraction of sp³-hybridized carbons (Fsp3) is 0.235. The molecule has 28 heavy (non-hydrogen) atoms. The first-order chi connectivity index (χ1) is 13.1. The summed E-state index contributed by atoms with van der Waals surface area (Å²) in [6, 6.07) is 3.45. The standard InChI is InChI=1S/C17H17ClN6O3S/c1-10(15-16(20-5-4-19-15)14-9-24(2)23-22-14)21-17(25)11-6-12(18)8-13(7-11)28(3,26)27/h4-10H,1-3H3,(H,21,25). The lowest BCUT2D eigenvalue weighted by atomic mass is 10.1. The molecule has 3 aromatic rings. The van der Waals surface area contributed by atoms with Crippen LogP contribution in [-0.2, 0) is 16.9 Å². The molecule has 3 rings (SSSR count). The van der Waals surface area contributed by atoms with Crippen LogP contribution in [0.3, 0.4) is 0 Å². The topological polar surface area (TPSA) is 120 Å². The van der Waals surface area contributed by atoms with Gasteiger partial charge in [0.1, 0.15) is 11.4 Å². The van der Waals surface area contributed by atoms with Gasteiger partial charge in [0.25, 0.3) is 5.91 Å². The molecule has 0 aliphatic heterocycles. The van der Waals surface area contributed by atoms with Crippen molar-refractivity contribution in [1.29, 1.82) is 0 Å². The third-order valence-corrected chi connectivity index (χ3v) is 5.20. The normalized spacial score (nSPS) is 12.6. The van der Waals surface area contributed by atoms with Gasteiger partial charge in [-0.05, 0) is 25.1 Å². The van der Waals surface area contributed by atoms with Gasteiger partial charge in [-0.1, -0.05) is 16.8 Å². The molecule has 1 amide bonds. The molecule has 0 bridgehead atoms. The minimum Gasteiger partial charge on any atom is -0.344 e. The number of aryl methyl sites for hydroxylation is 1. The molecule has 1 atom stereocenters. The first-order valence-corrected chi connectivity index (χ1v) is 10.4. The third kappa shape index (κ3) is 4.34. The maximum absolute atomic E-state index is 12.7. The van der Waals surface area contributed by atoms with Crippen LogP contribution in [0, 0.1) is 0 Å². The number of nitrogens with one attached hydrogen (secondary N) is 1. The first kappa shape index (κ1) is 19.9. The number of hydrogen-bond donors (Lipinski definition) is 1. The van der Waals surface area contributed by atoms with Crippen LogP contribution in [0.1, 0.15) is 29.0 Å². The van der Waals surface area contributed by atoms with Crippen LogP contribution in [0.2, 0.25) is 5.02 Å². The Kier molecular flexibility index (Phi) is 5.43. The minimum atomic E-state index is -3.51. The van der Waals surface area contributed by atoms with Gasteiger partial charge < -0.3 is 5.32 Å². The summed E-state index contributed by atoms with van der Waals surface area (Å²) in [5.41, 5.74) is 1.64. The van der Waals surface area contributed by atoms with Crippen molar-refractivity contribution < 1.29 is 13.2 Å². The maximum atomic E-state index is 12.7. The van der Waals surface area contributed by atoms with Crippen LogP contribution in [0.25, 0.3) is 11.4 Å². The zero-order chi connectivity index (χ0) is 20.5. The zero-order valence-corrected chi connectivity index (χ0v) is 16.9. The van der Waals surface area contributed by atoms with E-state index in [-0.39, 0.29) is 15.5 Å². The van der Waals surface area contributed by atoms with E-state index in [4.69, 9.17) is 11.6 Å². The van der Waals surface area contributed by atoms with Crippen LogP contribution < -0.4 is 5.32 Å². The maximum Gasteiger partial charge on any atom is 0.251 e. The van der Waals surface area contributed by atoms with Crippen molar-refractivity contribution in [3.8, 4) is 11.4 Å². The average molecular weight is 421 g/mol. The highest BCUT2D eigenvalue weighted by Gasteiger charge is 2.20. The molecular weight excluding hydrogens is 404 g/mol. The van der Waals surface area contributed by atoms with E-state index in [0.29, 0.717) is 17.1 Å². The Morgan fingerprint density at radius 3 is 2.57 bits per heavy atom. The van der Waals surface area contributed by atoms with Gasteiger partial charge in [0.15, 0.2) is 9.84 Å². The van der Waals surface area contributed by atoms with Crippen molar-refractivity contribution in [1.82, 2.24) is 30.3 Å². The number of halogens is 1. The second kappa shape index (κ2) is 7.64. The highest BCUT2D eigenvalue weighted by Crippen LogP contribution is 2.23. The van der Waals surface area contributed by atoms with Crippen molar-refractivity contribution in [3.63, 3.8) is 0 Å². The predicted molar refractivity (Wildman–Crippen MR) is 102 cm³/mol. The smallest absolute Gasteiger partial charge is 0.251 e. The van der Waals surface area contributed by atoms with Gasteiger partial charge in [-0.15, -0.1) is 5.10 Å². The van der Waals surface area contributed by atoms with E-state index < -0.39 is 21.8 Å². The Balaban J connectivity index is 1.90. The van der Waals surface area contributed by atoms with Crippen molar-refractivity contribution in [3.05, 3.63) is 53.1 Å². The summed E-state index contributed by atoms with van der Waals surface area (Å²) in [6.07, 6.45) is 5.78. The summed E-state index contributed by atoms with van der Waals surface area (Å²) < 4.78 is 25.1. The fourth-order valence-corrected chi connectivity index (χ4v) is 3.56. The SMILES string of the molecule is CC(NC(=O)c1cc(Cl)cc(S(C)(=O)=O)c1)c1nccnc1-c1cn(C)nn1. The van der Waals surface area contributed by atoms with Gasteiger partial charge in [-0.25, -0.2) is 8.42 Å². The molecule has 0 spiro atoms. The summed E-state index contributed by atoms with van der Waals surface area (Å²) in [7, 11) is -1.77. The molecule has 1 aromatic carbocycles. The molecule has 2 aromatic heterocycles. The van der Waals surface area contributed by atoms with E-state index >= 15 is 0 Å². The number of sulfone groups is 1. The minimum absolute atomic E-state index is 0.0300. The van der Waals surface area contributed by atoms with Crippen molar-refractivity contribution in [2.45, 2.75) is 17.9 Å². The molecular formula is C17H17ClN6O3S. The first-order valence-electron chi connectivity index (χ1n) is 8.14. The van der Waals surface area contributed by atoms with Gasteiger partial charge >= 0.3 is 0 Å². The van der Waals surface area contributed by atoms with Crippen LogP contribution in [0.15, 0.2) is 41.7 Å². The second-order valence-corrected chi connectivity index (χ2v) is 8.66. The van der Waals surface area contributed by atoms with Gasteiger partial charge in [-0.3, -0.25) is 19.4 Å². The average Bonchev–Trinajstić information content (AvgIpc) is 3.06. The van der Waals surface area contributed by atoms with Crippen LogP contribution >= 0.6 is 11.6 Å². The van der Waals surface area contributed by atoms with Gasteiger partial charge in [0, 0.05) is 36.3 Å². The Hall–Kier alpha value is -2.85. The summed E-state index contributed by atoms with van der Waals surface area (Å²) in [6.45, 7) is 1.74. The molecule has 1 unspecified atom stereocenters. The quantitative estimate of drug-likeness (QED) is 0.668. The van der Waals surface area contributed by atoms with Gasteiger partial charge in [0.2, 0.25) is 0 Å². The number of rotatable bonds is 5. The Bertz CT molecular complexity index is 1150. The molecule has 0 saturated carbocycles. The summed E-state index contributed by atoms with van der Waals surface area (Å²) in [5.74, 6) is -0.490. The molecule has 146 valence electrons. The Labute approximate surface area is 166 Å². The van der Waals surface area contributed by atoms with Gasteiger partial charge in [-0.2, -0.15) is 0 Å². The second-order valence-electron chi connectivity index (χ2n) is 6.21. The highest BCUT2D eigenvalue weighted by molar-refractivity contribution is 7.90. The van der Waals surface area contributed by atoms with E-state index in [1.807, 2.05) is 0 Å². The highest BCUT2D eigenvalue weighted by atomic mass is 35.5. The molecule has 0 aliphatic rings. The summed E-state index contributed by atoms with van der Waals surface area (Å²) in [5, 5.41) is 10.9. The Morgan fingerprint density at radius 2 is 1.93 bits per heavy atom. The van der Waals surface area contributed by atoms with Crippen LogP contribution in [0.5, 0.6) is 0 Å². The molecule has 0 aliphatic carbocycles. The molecule has 11 heteroatoms. The summed E-state index contributed by atoms with van der Waals surface area (Å²) >= 11 is 5.98. The predicted octanol–water partition coefficient (Wildman–Crippen LogP) is 1.82. The van der Waals surface area contributed by atoms with Crippen molar-refractivity contribution in [2.24, 2.45) is 7.05 Å². The number of carbonyl (C=O) groups is 1. The number of amides is 1. The third-order valence-electron chi connectivity index (χ3n) is 3.89. The van der Waals surface area contributed by atoms with Crippen LogP contribution in [0.4, 0.5) is 0 Å². The van der Waals surface area contributed by atoms with E-state index in [0.717, 1.165) is 6.26 Å². The Morgan fingerprint density at radius 1 is 1.21 bits per heavy atom. The van der Waals surface area contributed by atoms with E-state index in [1.54, 1.807) is 20.2 Å². The fourth-order valence-electron chi connectivity index (χ4n) is 2.58. The van der Waals surface area contributed by atoms with Crippen molar-refractivity contribution >= 4 is 27.3 Å². The number of aromatic nitrogens is 5. The molecule has 1 N–H and O–H groups in total. The molecule has 9 nitrogen and oxygen atoms in total. The molecule has 0 fully saturated rings. The number of nitrogens with zero attached hydrogens (tertiary/aromatic N) is 5. The molecule has 0 saturated heterocycles. The van der Waals surface area contributed by atoms with Crippen molar-refractivity contribution in [2.75, 3.05) is 6.26 Å². The van der Waals surface area contributed by atoms with E-state index in [9.17, 15) is 13.2 Å². The number of benzene rings is 1. The monoisotopic (exact) mass is 420 g/mol. The molecule has 2 heterocycles. The molecule has 0 radical (unpaired) electrons. The van der Waals surface area contributed by atoms with Crippen LogP contribution in [-0.4, -0.2) is 45.5 Å².